The van der Waals surface area contributed by atoms with E-state index in [1.165, 1.54) is 6.07 Å². The van der Waals surface area contributed by atoms with E-state index >= 15 is 0 Å². The number of benzene rings is 1. The minimum atomic E-state index is -0.839. The third kappa shape index (κ3) is 1.79. The van der Waals surface area contributed by atoms with Crippen molar-refractivity contribution in [2.45, 2.75) is 25.8 Å². The third-order valence-electron chi connectivity index (χ3n) is 3.69. The molecular weight excluding hydrogens is 258 g/mol. The van der Waals surface area contributed by atoms with E-state index in [-0.39, 0.29) is 11.4 Å². The molecule has 0 bridgehead atoms. The molecule has 1 heterocycles. The molecule has 0 aliphatic heterocycles. The van der Waals surface area contributed by atoms with Crippen molar-refractivity contribution in [3.05, 3.63) is 29.6 Å². The van der Waals surface area contributed by atoms with Crippen LogP contribution in [0, 0.1) is 23.5 Å². The monoisotopic (exact) mass is 270 g/mol. The van der Waals surface area contributed by atoms with Crippen LogP contribution < -0.4 is 0 Å². The lowest BCUT2D eigenvalue weighted by Crippen LogP contribution is -2.06. The van der Waals surface area contributed by atoms with Gasteiger partial charge >= 0.3 is 0 Å². The van der Waals surface area contributed by atoms with Crippen LogP contribution in [0.25, 0.3) is 11.0 Å². The Bertz CT molecular complexity index is 609. The predicted molar refractivity (Wildman–Crippen MR) is 66.5 cm³/mol. The van der Waals surface area contributed by atoms with Gasteiger partial charge in [-0.3, -0.25) is 0 Å². The van der Waals surface area contributed by atoms with Gasteiger partial charge in [-0.25, -0.2) is 13.8 Å². The van der Waals surface area contributed by atoms with Gasteiger partial charge in [0.25, 0.3) is 0 Å². The molecule has 18 heavy (non-hydrogen) atoms. The molecule has 0 radical (unpaired) electrons. The highest BCUT2D eigenvalue weighted by molar-refractivity contribution is 6.16. The Morgan fingerprint density at radius 1 is 1.44 bits per heavy atom. The zero-order valence-electron chi connectivity index (χ0n) is 9.96. The first-order valence-corrected chi connectivity index (χ1v) is 6.54. The fourth-order valence-corrected chi connectivity index (χ4v) is 2.60. The van der Waals surface area contributed by atoms with E-state index in [0.29, 0.717) is 29.7 Å². The van der Waals surface area contributed by atoms with Crippen molar-refractivity contribution in [3.8, 4) is 0 Å². The minimum Gasteiger partial charge on any atom is -0.324 e. The van der Waals surface area contributed by atoms with E-state index < -0.39 is 11.6 Å². The Morgan fingerprint density at radius 3 is 2.78 bits per heavy atom. The standard InChI is InChI=1S/C13H13ClF2N2/c1-7-4-8(7)6-18-11(5-14)17-10-3-2-9(15)12(16)13(10)18/h2-3,7-8H,4-6H2,1H3. The summed E-state index contributed by atoms with van der Waals surface area (Å²) in [6, 6.07) is 2.60. The van der Waals surface area contributed by atoms with E-state index in [1.54, 1.807) is 4.57 Å². The Labute approximate surface area is 109 Å². The van der Waals surface area contributed by atoms with Crippen LogP contribution in [0.1, 0.15) is 19.2 Å². The van der Waals surface area contributed by atoms with Crippen molar-refractivity contribution in [2.75, 3.05) is 0 Å². The van der Waals surface area contributed by atoms with Crippen molar-refractivity contribution in [2.24, 2.45) is 11.8 Å². The molecule has 0 spiro atoms. The van der Waals surface area contributed by atoms with Crippen LogP contribution in [0.4, 0.5) is 8.78 Å². The molecule has 1 saturated carbocycles. The van der Waals surface area contributed by atoms with Gasteiger partial charge in [0.05, 0.1) is 11.4 Å². The highest BCUT2D eigenvalue weighted by Crippen LogP contribution is 2.40. The van der Waals surface area contributed by atoms with Gasteiger partial charge in [-0.2, -0.15) is 0 Å². The average Bonchev–Trinajstić information content (AvgIpc) is 2.91. The maximum absolute atomic E-state index is 13.9. The molecule has 2 atom stereocenters. The lowest BCUT2D eigenvalue weighted by Gasteiger charge is -2.07. The van der Waals surface area contributed by atoms with Gasteiger partial charge in [0.1, 0.15) is 11.3 Å². The van der Waals surface area contributed by atoms with Gasteiger partial charge in [0.2, 0.25) is 0 Å². The first-order chi connectivity index (χ1) is 8.61. The highest BCUT2D eigenvalue weighted by atomic mass is 35.5. The van der Waals surface area contributed by atoms with Gasteiger partial charge in [0.15, 0.2) is 11.6 Å². The molecule has 0 amide bonds. The minimum absolute atomic E-state index is 0.205. The van der Waals surface area contributed by atoms with Crippen LogP contribution >= 0.6 is 11.6 Å². The number of hydrogen-bond donors (Lipinski definition) is 0. The topological polar surface area (TPSA) is 17.8 Å². The summed E-state index contributed by atoms with van der Waals surface area (Å²) in [6.45, 7) is 2.82. The quantitative estimate of drug-likeness (QED) is 0.778. The lowest BCUT2D eigenvalue weighted by molar-refractivity contribution is 0.506. The van der Waals surface area contributed by atoms with Gasteiger partial charge in [-0.05, 0) is 30.4 Å². The molecular formula is C13H13ClF2N2. The van der Waals surface area contributed by atoms with Crippen molar-refractivity contribution < 1.29 is 8.78 Å². The summed E-state index contributed by atoms with van der Waals surface area (Å²) in [5.74, 6) is 0.305. The van der Waals surface area contributed by atoms with Crippen LogP contribution in [0.2, 0.25) is 0 Å². The summed E-state index contributed by atoms with van der Waals surface area (Å²) >= 11 is 5.84. The fourth-order valence-electron chi connectivity index (χ4n) is 2.39. The summed E-state index contributed by atoms with van der Waals surface area (Å²) in [5.41, 5.74) is 0.711. The molecule has 2 aromatic rings. The summed E-state index contributed by atoms with van der Waals surface area (Å²) in [5, 5.41) is 0. The van der Waals surface area contributed by atoms with E-state index in [2.05, 4.69) is 11.9 Å². The van der Waals surface area contributed by atoms with Crippen LogP contribution in [-0.2, 0) is 12.4 Å². The van der Waals surface area contributed by atoms with Crippen molar-refractivity contribution in [1.82, 2.24) is 9.55 Å². The van der Waals surface area contributed by atoms with E-state index in [4.69, 9.17) is 11.6 Å². The summed E-state index contributed by atoms with van der Waals surface area (Å²) in [4.78, 5) is 4.26. The van der Waals surface area contributed by atoms with E-state index in [1.807, 2.05) is 0 Å². The SMILES string of the molecule is CC1CC1Cn1c(CCl)nc2ccc(F)c(F)c21. The number of hydrogen-bond acceptors (Lipinski definition) is 1. The van der Waals surface area contributed by atoms with Crippen LogP contribution in [0.5, 0.6) is 0 Å². The zero-order chi connectivity index (χ0) is 12.9. The van der Waals surface area contributed by atoms with Crippen LogP contribution in [-0.4, -0.2) is 9.55 Å². The first-order valence-electron chi connectivity index (χ1n) is 6.01. The average molecular weight is 271 g/mol. The van der Waals surface area contributed by atoms with E-state index in [9.17, 15) is 8.78 Å². The predicted octanol–water partition coefficient (Wildman–Crippen LogP) is 3.71. The molecule has 1 aromatic carbocycles. The molecule has 5 heteroatoms. The van der Waals surface area contributed by atoms with Gasteiger partial charge in [-0.15, -0.1) is 11.6 Å². The molecule has 1 aliphatic rings. The lowest BCUT2D eigenvalue weighted by atomic mass is 10.2. The van der Waals surface area contributed by atoms with Crippen molar-refractivity contribution in [3.63, 3.8) is 0 Å². The Morgan fingerprint density at radius 2 is 2.17 bits per heavy atom. The second kappa shape index (κ2) is 4.19. The molecule has 96 valence electrons. The van der Waals surface area contributed by atoms with Crippen molar-refractivity contribution in [1.29, 1.82) is 0 Å². The number of aromatic nitrogens is 2. The Kier molecular flexibility index (Phi) is 2.77. The van der Waals surface area contributed by atoms with Crippen molar-refractivity contribution >= 4 is 22.6 Å². The van der Waals surface area contributed by atoms with E-state index in [0.717, 1.165) is 12.5 Å². The summed E-state index contributed by atoms with van der Waals surface area (Å²) < 4.78 is 29.0. The molecule has 2 nitrogen and oxygen atoms in total. The molecule has 1 aliphatic carbocycles. The number of alkyl halides is 1. The second-order valence-electron chi connectivity index (χ2n) is 4.97. The molecule has 1 fully saturated rings. The molecule has 3 rings (SSSR count). The third-order valence-corrected chi connectivity index (χ3v) is 3.93. The number of nitrogens with zero attached hydrogens (tertiary/aromatic N) is 2. The zero-order valence-corrected chi connectivity index (χ0v) is 10.7. The maximum atomic E-state index is 13.9. The smallest absolute Gasteiger partial charge is 0.184 e. The van der Waals surface area contributed by atoms with Crippen LogP contribution in [0.15, 0.2) is 12.1 Å². The fraction of sp³-hybridized carbons (Fsp3) is 0.462. The number of rotatable bonds is 3. The highest BCUT2D eigenvalue weighted by Gasteiger charge is 2.34. The second-order valence-corrected chi connectivity index (χ2v) is 5.24. The number of halogens is 3. The summed E-state index contributed by atoms with van der Waals surface area (Å²) in [6.07, 6.45) is 1.12. The molecule has 1 aromatic heterocycles. The molecule has 2 unspecified atom stereocenters. The number of fused-ring (bicyclic) bond motifs is 1. The van der Waals surface area contributed by atoms with Gasteiger partial charge < -0.3 is 4.57 Å². The Hall–Kier alpha value is -1.16. The largest absolute Gasteiger partial charge is 0.324 e. The normalized spacial score (nSPS) is 22.7. The van der Waals surface area contributed by atoms with Crippen LogP contribution in [0.3, 0.4) is 0 Å². The molecule has 0 saturated heterocycles. The molecule has 0 N–H and O–H groups in total. The Balaban J connectivity index is 2.15. The first kappa shape index (κ1) is 11.9. The number of imidazole rings is 1. The van der Waals surface area contributed by atoms with Gasteiger partial charge in [-0.1, -0.05) is 6.92 Å². The summed E-state index contributed by atoms with van der Waals surface area (Å²) in [7, 11) is 0. The maximum Gasteiger partial charge on any atom is 0.184 e. The van der Waals surface area contributed by atoms with Gasteiger partial charge in [0, 0.05) is 6.54 Å².